The Morgan fingerprint density at radius 2 is 2.12 bits per heavy atom. The Labute approximate surface area is 117 Å². The van der Waals surface area contributed by atoms with Gasteiger partial charge in [0.15, 0.2) is 0 Å². The summed E-state index contributed by atoms with van der Waals surface area (Å²) in [5.41, 5.74) is 0.440. The molecule has 1 saturated carbocycles. The van der Waals surface area contributed by atoms with E-state index >= 15 is 0 Å². The molecule has 2 rings (SSSR count). The van der Waals surface area contributed by atoms with Crippen LogP contribution in [-0.2, 0) is 6.42 Å². The molecule has 1 heterocycles. The van der Waals surface area contributed by atoms with E-state index in [1.54, 1.807) is 0 Å². The number of rotatable bonds is 7. The first kappa shape index (κ1) is 13.6. The average Bonchev–Trinajstić information content (AvgIpc) is 3.10. The van der Waals surface area contributed by atoms with Gasteiger partial charge in [-0.25, -0.2) is 0 Å². The summed E-state index contributed by atoms with van der Waals surface area (Å²) in [6, 6.07) is 2.99. The van der Waals surface area contributed by atoms with Gasteiger partial charge in [-0.05, 0) is 64.9 Å². The summed E-state index contributed by atoms with van der Waals surface area (Å²) in [6.07, 6.45) is 6.48. The van der Waals surface area contributed by atoms with Gasteiger partial charge in [0, 0.05) is 21.9 Å². The quantitative estimate of drug-likeness (QED) is 0.774. The normalized spacial score (nSPS) is 16.4. The number of nitrogens with one attached hydrogen (secondary N) is 1. The van der Waals surface area contributed by atoms with Crippen molar-refractivity contribution in [2.45, 2.75) is 52.0 Å². The first-order chi connectivity index (χ1) is 8.19. The average molecular weight is 316 g/mol. The van der Waals surface area contributed by atoms with Crippen molar-refractivity contribution in [1.29, 1.82) is 0 Å². The van der Waals surface area contributed by atoms with Gasteiger partial charge in [-0.15, -0.1) is 11.3 Å². The third kappa shape index (κ3) is 3.55. The van der Waals surface area contributed by atoms with Gasteiger partial charge >= 0.3 is 0 Å². The summed E-state index contributed by atoms with van der Waals surface area (Å²) in [5, 5.41) is 5.90. The second-order valence-electron chi connectivity index (χ2n) is 5.23. The van der Waals surface area contributed by atoms with Crippen LogP contribution in [0.4, 0.5) is 0 Å². The van der Waals surface area contributed by atoms with E-state index in [0.29, 0.717) is 5.41 Å². The van der Waals surface area contributed by atoms with Crippen LogP contribution in [-0.4, -0.2) is 12.6 Å². The molecule has 1 fully saturated rings. The lowest BCUT2D eigenvalue weighted by atomic mass is 9.78. The Balaban J connectivity index is 2.01. The van der Waals surface area contributed by atoms with E-state index in [1.807, 2.05) is 11.3 Å². The molecule has 0 spiro atoms. The molecule has 0 atom stereocenters. The van der Waals surface area contributed by atoms with Crippen LogP contribution in [0.3, 0.4) is 0 Å². The van der Waals surface area contributed by atoms with Crippen molar-refractivity contribution in [2.75, 3.05) is 6.54 Å². The van der Waals surface area contributed by atoms with E-state index in [-0.39, 0.29) is 0 Å². The van der Waals surface area contributed by atoms with Gasteiger partial charge in [0.25, 0.3) is 0 Å². The summed E-state index contributed by atoms with van der Waals surface area (Å²) < 4.78 is 1.29. The van der Waals surface area contributed by atoms with Crippen molar-refractivity contribution >= 4 is 27.3 Å². The molecule has 0 saturated heterocycles. The van der Waals surface area contributed by atoms with Crippen molar-refractivity contribution in [1.82, 2.24) is 5.32 Å². The van der Waals surface area contributed by atoms with E-state index < -0.39 is 0 Å². The minimum atomic E-state index is 0.440. The molecule has 1 nitrogen and oxygen atoms in total. The predicted octanol–water partition coefficient (Wildman–Crippen LogP) is 4.61. The highest BCUT2D eigenvalue weighted by atomic mass is 79.9. The SMILES string of the molecule is CCC(CC)(CNC1CC1)Cc1sccc1Br. The van der Waals surface area contributed by atoms with Crippen LogP contribution < -0.4 is 5.32 Å². The summed E-state index contributed by atoms with van der Waals surface area (Å²) in [6.45, 7) is 5.84. The molecule has 1 aliphatic carbocycles. The van der Waals surface area contributed by atoms with Crippen molar-refractivity contribution in [3.63, 3.8) is 0 Å². The molecule has 0 aromatic carbocycles. The fourth-order valence-electron chi connectivity index (χ4n) is 2.25. The Bertz CT molecular complexity index is 353. The van der Waals surface area contributed by atoms with Gasteiger partial charge in [-0.1, -0.05) is 13.8 Å². The molecular weight excluding hydrogens is 294 g/mol. The van der Waals surface area contributed by atoms with E-state index in [4.69, 9.17) is 0 Å². The maximum Gasteiger partial charge on any atom is 0.0314 e. The van der Waals surface area contributed by atoms with Crippen molar-refractivity contribution < 1.29 is 0 Å². The van der Waals surface area contributed by atoms with E-state index in [2.05, 4.69) is 46.5 Å². The third-order valence-corrected chi connectivity index (χ3v) is 6.00. The molecule has 17 heavy (non-hydrogen) atoms. The smallest absolute Gasteiger partial charge is 0.0314 e. The number of thiophene rings is 1. The largest absolute Gasteiger partial charge is 0.313 e. The molecule has 1 N–H and O–H groups in total. The third-order valence-electron chi connectivity index (χ3n) is 4.07. The minimum Gasteiger partial charge on any atom is -0.313 e. The molecule has 0 bridgehead atoms. The summed E-state index contributed by atoms with van der Waals surface area (Å²) in [7, 11) is 0. The molecular formula is C14H22BrNS. The molecule has 0 radical (unpaired) electrons. The fourth-order valence-corrected chi connectivity index (χ4v) is 3.92. The number of hydrogen-bond donors (Lipinski definition) is 1. The molecule has 1 aromatic rings. The maximum atomic E-state index is 3.72. The van der Waals surface area contributed by atoms with Gasteiger partial charge in [0.2, 0.25) is 0 Å². The lowest BCUT2D eigenvalue weighted by Crippen LogP contribution is -2.36. The lowest BCUT2D eigenvalue weighted by Gasteiger charge is -2.32. The highest BCUT2D eigenvalue weighted by Gasteiger charge is 2.30. The molecule has 1 aliphatic rings. The van der Waals surface area contributed by atoms with E-state index in [9.17, 15) is 0 Å². The zero-order valence-corrected chi connectivity index (χ0v) is 13.2. The van der Waals surface area contributed by atoms with Gasteiger partial charge in [-0.3, -0.25) is 0 Å². The van der Waals surface area contributed by atoms with Gasteiger partial charge in [-0.2, -0.15) is 0 Å². The Morgan fingerprint density at radius 3 is 2.59 bits per heavy atom. The summed E-state index contributed by atoms with van der Waals surface area (Å²) >= 11 is 5.54. The second-order valence-corrected chi connectivity index (χ2v) is 7.09. The molecule has 0 unspecified atom stereocenters. The van der Waals surface area contributed by atoms with Crippen molar-refractivity contribution in [3.05, 3.63) is 20.8 Å². The van der Waals surface area contributed by atoms with Gasteiger partial charge in [0.1, 0.15) is 0 Å². The minimum absolute atomic E-state index is 0.440. The fraction of sp³-hybridized carbons (Fsp3) is 0.714. The van der Waals surface area contributed by atoms with Crippen LogP contribution in [0.2, 0.25) is 0 Å². The monoisotopic (exact) mass is 315 g/mol. The van der Waals surface area contributed by atoms with Crippen molar-refractivity contribution in [2.24, 2.45) is 5.41 Å². The summed E-state index contributed by atoms with van der Waals surface area (Å²) in [5.74, 6) is 0. The van der Waals surface area contributed by atoms with Crippen molar-refractivity contribution in [3.8, 4) is 0 Å². The second kappa shape index (κ2) is 5.85. The number of hydrogen-bond acceptors (Lipinski definition) is 2. The highest BCUT2D eigenvalue weighted by molar-refractivity contribution is 9.10. The summed E-state index contributed by atoms with van der Waals surface area (Å²) in [4.78, 5) is 1.51. The van der Waals surface area contributed by atoms with Gasteiger partial charge in [0.05, 0.1) is 0 Å². The first-order valence-corrected chi connectivity index (χ1v) is 8.31. The van der Waals surface area contributed by atoms with E-state index in [0.717, 1.165) is 6.04 Å². The zero-order chi connectivity index (χ0) is 12.3. The van der Waals surface area contributed by atoms with Crippen LogP contribution in [0.15, 0.2) is 15.9 Å². The Morgan fingerprint density at radius 1 is 1.41 bits per heavy atom. The highest BCUT2D eigenvalue weighted by Crippen LogP contribution is 2.36. The van der Waals surface area contributed by atoms with E-state index in [1.165, 1.54) is 48.0 Å². The van der Waals surface area contributed by atoms with Crippen LogP contribution in [0.25, 0.3) is 0 Å². The molecule has 0 amide bonds. The topological polar surface area (TPSA) is 12.0 Å². The molecule has 0 aliphatic heterocycles. The predicted molar refractivity (Wildman–Crippen MR) is 79.8 cm³/mol. The molecule has 96 valence electrons. The first-order valence-electron chi connectivity index (χ1n) is 6.64. The van der Waals surface area contributed by atoms with Crippen LogP contribution in [0.5, 0.6) is 0 Å². The Hall–Kier alpha value is 0.140. The molecule has 1 aromatic heterocycles. The van der Waals surface area contributed by atoms with Crippen LogP contribution in [0.1, 0.15) is 44.4 Å². The maximum absolute atomic E-state index is 3.72. The Kier molecular flexibility index (Phi) is 4.67. The zero-order valence-electron chi connectivity index (χ0n) is 10.8. The standard InChI is InChI=1S/C14H22BrNS/c1-3-14(4-2,10-16-11-5-6-11)9-13-12(15)7-8-17-13/h7-8,11,16H,3-6,9-10H2,1-2H3. The molecule has 3 heteroatoms. The van der Waals surface area contributed by atoms with Crippen LogP contribution >= 0.6 is 27.3 Å². The van der Waals surface area contributed by atoms with Gasteiger partial charge < -0.3 is 5.32 Å². The number of halogens is 1. The van der Waals surface area contributed by atoms with Crippen LogP contribution in [0, 0.1) is 5.41 Å². The lowest BCUT2D eigenvalue weighted by molar-refractivity contribution is 0.247.